The molecule has 4 N–H and O–H groups in total. The van der Waals surface area contributed by atoms with Crippen LogP contribution in [0.25, 0.3) is 0 Å². The predicted octanol–water partition coefficient (Wildman–Crippen LogP) is 3.40. The van der Waals surface area contributed by atoms with E-state index >= 15 is 0 Å². The number of primary amides is 1. The van der Waals surface area contributed by atoms with Crippen molar-refractivity contribution in [1.82, 2.24) is 0 Å². The SMILES string of the molecule is COc1cc(Cl)c(C)cc1NC(=O)c1cccc(NC(N)=O)c1. The normalized spacial score (nSPS) is 10.0. The van der Waals surface area contributed by atoms with Gasteiger partial charge in [0.25, 0.3) is 5.91 Å². The van der Waals surface area contributed by atoms with Crippen LogP contribution >= 0.6 is 11.6 Å². The molecule has 0 aromatic heterocycles. The number of nitrogens with two attached hydrogens (primary N) is 1. The Morgan fingerprint density at radius 2 is 1.91 bits per heavy atom. The summed E-state index contributed by atoms with van der Waals surface area (Å²) in [6.45, 7) is 1.83. The molecule has 0 fully saturated rings. The lowest BCUT2D eigenvalue weighted by atomic mass is 10.1. The van der Waals surface area contributed by atoms with Crippen LogP contribution in [0.15, 0.2) is 36.4 Å². The Morgan fingerprint density at radius 3 is 2.57 bits per heavy atom. The van der Waals surface area contributed by atoms with Gasteiger partial charge in [0.15, 0.2) is 0 Å². The first-order valence-electron chi connectivity index (χ1n) is 6.72. The molecule has 120 valence electrons. The van der Waals surface area contributed by atoms with Crippen molar-refractivity contribution in [3.8, 4) is 5.75 Å². The number of nitrogens with one attached hydrogen (secondary N) is 2. The molecule has 0 radical (unpaired) electrons. The Morgan fingerprint density at radius 1 is 1.17 bits per heavy atom. The van der Waals surface area contributed by atoms with E-state index in [1.54, 1.807) is 30.3 Å². The van der Waals surface area contributed by atoms with Gasteiger partial charge in [-0.15, -0.1) is 0 Å². The fourth-order valence-corrected chi connectivity index (χ4v) is 2.16. The minimum absolute atomic E-state index is 0.349. The van der Waals surface area contributed by atoms with E-state index in [4.69, 9.17) is 22.1 Å². The molecule has 6 nitrogen and oxygen atoms in total. The van der Waals surface area contributed by atoms with Gasteiger partial charge in [-0.3, -0.25) is 4.79 Å². The molecule has 0 saturated heterocycles. The smallest absolute Gasteiger partial charge is 0.316 e. The second kappa shape index (κ2) is 7.02. The van der Waals surface area contributed by atoms with Crippen LogP contribution in [-0.4, -0.2) is 19.0 Å². The van der Waals surface area contributed by atoms with E-state index in [0.717, 1.165) is 5.56 Å². The molecule has 3 amide bonds. The maximum atomic E-state index is 12.4. The van der Waals surface area contributed by atoms with E-state index in [1.807, 2.05) is 6.92 Å². The lowest BCUT2D eigenvalue weighted by Gasteiger charge is -2.12. The molecule has 2 rings (SSSR count). The molecule has 0 aliphatic heterocycles. The number of amides is 3. The Hall–Kier alpha value is -2.73. The zero-order valence-electron chi connectivity index (χ0n) is 12.6. The summed E-state index contributed by atoms with van der Waals surface area (Å²) in [5.41, 5.74) is 7.18. The molecule has 0 unspecified atom stereocenters. The van der Waals surface area contributed by atoms with Crippen LogP contribution in [0.5, 0.6) is 5.75 Å². The first-order chi connectivity index (χ1) is 10.9. The lowest BCUT2D eigenvalue weighted by molar-refractivity contribution is 0.102. The van der Waals surface area contributed by atoms with Crippen molar-refractivity contribution in [2.45, 2.75) is 6.92 Å². The van der Waals surface area contributed by atoms with Crippen molar-refractivity contribution in [2.75, 3.05) is 17.7 Å². The van der Waals surface area contributed by atoms with Crippen molar-refractivity contribution >= 4 is 34.9 Å². The summed E-state index contributed by atoms with van der Waals surface area (Å²) in [7, 11) is 1.49. The molecule has 7 heteroatoms. The van der Waals surface area contributed by atoms with Crippen LogP contribution in [-0.2, 0) is 0 Å². The van der Waals surface area contributed by atoms with Crippen LogP contribution in [0.3, 0.4) is 0 Å². The first-order valence-corrected chi connectivity index (χ1v) is 7.10. The van der Waals surface area contributed by atoms with E-state index in [2.05, 4.69) is 10.6 Å². The third kappa shape index (κ3) is 4.14. The standard InChI is InChI=1S/C16H16ClN3O3/c1-9-6-13(14(23-2)8-12(9)17)20-15(21)10-4-3-5-11(7-10)19-16(18)22/h3-8H,1-2H3,(H,20,21)(H3,18,19,22). The number of methoxy groups -OCH3 is 1. The van der Waals surface area contributed by atoms with Crippen LogP contribution in [0.4, 0.5) is 16.2 Å². The molecular formula is C16H16ClN3O3. The van der Waals surface area contributed by atoms with Crippen LogP contribution in [0, 0.1) is 6.92 Å². The van der Waals surface area contributed by atoms with E-state index in [1.165, 1.54) is 13.2 Å². The Bertz CT molecular complexity index is 762. The van der Waals surface area contributed by atoms with Gasteiger partial charge < -0.3 is 21.1 Å². The number of benzene rings is 2. The first kappa shape index (κ1) is 16.6. The van der Waals surface area contributed by atoms with Crippen molar-refractivity contribution in [3.63, 3.8) is 0 Å². The van der Waals surface area contributed by atoms with Gasteiger partial charge in [0.1, 0.15) is 5.75 Å². The van der Waals surface area contributed by atoms with Crippen molar-refractivity contribution < 1.29 is 14.3 Å². The van der Waals surface area contributed by atoms with Gasteiger partial charge in [0.2, 0.25) is 0 Å². The number of carbonyl (C=O) groups is 2. The average Bonchev–Trinajstić information content (AvgIpc) is 2.50. The number of ether oxygens (including phenoxy) is 1. The Kier molecular flexibility index (Phi) is 5.08. The summed E-state index contributed by atoms with van der Waals surface area (Å²) in [6.07, 6.45) is 0. The molecule has 0 spiro atoms. The van der Waals surface area contributed by atoms with E-state index in [9.17, 15) is 9.59 Å². The quantitative estimate of drug-likeness (QED) is 0.800. The molecule has 0 aliphatic carbocycles. The summed E-state index contributed by atoms with van der Waals surface area (Å²) in [5, 5.41) is 5.73. The number of rotatable bonds is 4. The highest BCUT2D eigenvalue weighted by molar-refractivity contribution is 6.31. The van der Waals surface area contributed by atoms with Crippen molar-refractivity contribution in [1.29, 1.82) is 0 Å². The molecule has 0 saturated carbocycles. The van der Waals surface area contributed by atoms with Gasteiger partial charge in [-0.25, -0.2) is 4.79 Å². The van der Waals surface area contributed by atoms with Gasteiger partial charge >= 0.3 is 6.03 Å². The maximum Gasteiger partial charge on any atom is 0.316 e. The fourth-order valence-electron chi connectivity index (χ4n) is 2.00. The highest BCUT2D eigenvalue weighted by atomic mass is 35.5. The van der Waals surface area contributed by atoms with Crippen LogP contribution in [0.1, 0.15) is 15.9 Å². The number of hydrogen-bond donors (Lipinski definition) is 3. The van der Waals surface area contributed by atoms with Gasteiger partial charge in [0, 0.05) is 22.3 Å². The molecule has 0 atom stereocenters. The second-order valence-electron chi connectivity index (χ2n) is 4.83. The highest BCUT2D eigenvalue weighted by Crippen LogP contribution is 2.31. The van der Waals surface area contributed by atoms with E-state index in [0.29, 0.717) is 27.7 Å². The summed E-state index contributed by atoms with van der Waals surface area (Å²) >= 11 is 6.04. The van der Waals surface area contributed by atoms with E-state index in [-0.39, 0.29) is 5.91 Å². The monoisotopic (exact) mass is 333 g/mol. The van der Waals surface area contributed by atoms with Crippen molar-refractivity contribution in [2.24, 2.45) is 5.73 Å². The molecule has 0 bridgehead atoms. The molecule has 23 heavy (non-hydrogen) atoms. The summed E-state index contributed by atoms with van der Waals surface area (Å²) in [5.74, 6) is 0.110. The number of hydrogen-bond acceptors (Lipinski definition) is 3. The minimum atomic E-state index is -0.697. The molecule has 2 aromatic rings. The zero-order chi connectivity index (χ0) is 17.0. The number of aryl methyl sites for hydroxylation is 1. The minimum Gasteiger partial charge on any atom is -0.495 e. The zero-order valence-corrected chi connectivity index (χ0v) is 13.4. The summed E-state index contributed by atoms with van der Waals surface area (Å²) in [6, 6.07) is 9.09. The van der Waals surface area contributed by atoms with Gasteiger partial charge in [-0.2, -0.15) is 0 Å². The van der Waals surface area contributed by atoms with Crippen LogP contribution < -0.4 is 21.1 Å². The molecule has 0 aliphatic rings. The van der Waals surface area contributed by atoms with Gasteiger partial charge in [-0.1, -0.05) is 17.7 Å². The van der Waals surface area contributed by atoms with E-state index < -0.39 is 6.03 Å². The maximum absolute atomic E-state index is 12.4. The Balaban J connectivity index is 2.25. The molecule has 2 aromatic carbocycles. The largest absolute Gasteiger partial charge is 0.495 e. The third-order valence-corrected chi connectivity index (χ3v) is 3.53. The lowest BCUT2D eigenvalue weighted by Crippen LogP contribution is -2.20. The van der Waals surface area contributed by atoms with Gasteiger partial charge in [0.05, 0.1) is 12.8 Å². The number of anilines is 2. The van der Waals surface area contributed by atoms with Crippen molar-refractivity contribution in [3.05, 3.63) is 52.5 Å². The van der Waals surface area contributed by atoms with Gasteiger partial charge in [-0.05, 0) is 36.8 Å². The number of urea groups is 1. The number of carbonyl (C=O) groups excluding carboxylic acids is 2. The average molecular weight is 334 g/mol. The number of halogens is 1. The van der Waals surface area contributed by atoms with Crippen LogP contribution in [0.2, 0.25) is 5.02 Å². The summed E-state index contributed by atoms with van der Waals surface area (Å²) < 4.78 is 5.22. The summed E-state index contributed by atoms with van der Waals surface area (Å²) in [4.78, 5) is 23.2. The third-order valence-electron chi connectivity index (χ3n) is 3.12. The fraction of sp³-hybridized carbons (Fsp3) is 0.125. The molecular weight excluding hydrogens is 318 g/mol. The molecule has 0 heterocycles. The highest BCUT2D eigenvalue weighted by Gasteiger charge is 2.12. The predicted molar refractivity (Wildman–Crippen MR) is 90.3 cm³/mol. The topological polar surface area (TPSA) is 93.4 Å². The second-order valence-corrected chi connectivity index (χ2v) is 5.23. The Labute approximate surface area is 138 Å².